The lowest BCUT2D eigenvalue weighted by atomic mass is 10.1. The lowest BCUT2D eigenvalue weighted by Crippen LogP contribution is -2.50. The maximum atomic E-state index is 12.8. The van der Waals surface area contributed by atoms with E-state index in [1.165, 1.54) is 0 Å². The summed E-state index contributed by atoms with van der Waals surface area (Å²) < 4.78 is 1.91. The second-order valence-electron chi connectivity index (χ2n) is 9.50. The van der Waals surface area contributed by atoms with Crippen LogP contribution in [0.5, 0.6) is 0 Å². The normalized spacial score (nSPS) is 14.0. The molecule has 0 atom stereocenters. The largest absolute Gasteiger partial charge is 0.352 e. The average Bonchev–Trinajstić information content (AvgIpc) is 3.21. The van der Waals surface area contributed by atoms with E-state index in [0.717, 1.165) is 46.2 Å². The van der Waals surface area contributed by atoms with Crippen molar-refractivity contribution in [2.45, 2.75) is 27.2 Å². The molecule has 1 N–H and O–H groups in total. The lowest BCUT2D eigenvalue weighted by Gasteiger charge is -2.35. The van der Waals surface area contributed by atoms with Crippen LogP contribution in [0.2, 0.25) is 5.02 Å². The molecule has 0 saturated carbocycles. The van der Waals surface area contributed by atoms with Crippen molar-refractivity contribution in [3.8, 4) is 5.69 Å². The number of carbonyl (C=O) groups is 1. The van der Waals surface area contributed by atoms with Crippen molar-refractivity contribution in [1.82, 2.24) is 24.6 Å². The number of halogens is 1. The second kappa shape index (κ2) is 10.1. The van der Waals surface area contributed by atoms with Gasteiger partial charge < -0.3 is 15.1 Å². The zero-order chi connectivity index (χ0) is 25.2. The quantitative estimate of drug-likeness (QED) is 0.398. The third-order valence-corrected chi connectivity index (χ3v) is 6.54. The highest BCUT2D eigenvalue weighted by molar-refractivity contribution is 6.30. The number of urea groups is 1. The molecule has 2 amide bonds. The fourth-order valence-electron chi connectivity index (χ4n) is 4.50. The van der Waals surface area contributed by atoms with Gasteiger partial charge in [0.1, 0.15) is 11.6 Å². The minimum atomic E-state index is -0.113. The van der Waals surface area contributed by atoms with Crippen molar-refractivity contribution >= 4 is 40.2 Å². The summed E-state index contributed by atoms with van der Waals surface area (Å²) in [7, 11) is 0. The van der Waals surface area contributed by atoms with E-state index < -0.39 is 0 Å². The number of benzene rings is 2. The first-order chi connectivity index (χ1) is 17.4. The Kier molecular flexibility index (Phi) is 6.78. The fraction of sp³-hybridized carbons (Fsp3) is 0.333. The molecule has 2 aromatic heterocycles. The number of rotatable bonds is 5. The van der Waals surface area contributed by atoms with Crippen LogP contribution < -0.4 is 10.2 Å². The highest BCUT2D eigenvalue weighted by Crippen LogP contribution is 2.30. The summed E-state index contributed by atoms with van der Waals surface area (Å²) in [5, 5.41) is 9.39. The maximum absolute atomic E-state index is 12.8. The number of hydrogen-bond donors (Lipinski definition) is 1. The fourth-order valence-corrected chi connectivity index (χ4v) is 4.62. The molecule has 0 unspecified atom stereocenters. The van der Waals surface area contributed by atoms with Gasteiger partial charge in [-0.15, -0.1) is 0 Å². The highest BCUT2D eigenvalue weighted by atomic mass is 35.5. The van der Waals surface area contributed by atoms with Gasteiger partial charge in [-0.2, -0.15) is 5.10 Å². The highest BCUT2D eigenvalue weighted by Gasteiger charge is 2.26. The Hall–Kier alpha value is -3.65. The van der Waals surface area contributed by atoms with Gasteiger partial charge in [0, 0.05) is 43.3 Å². The van der Waals surface area contributed by atoms with Crippen LogP contribution in [0.3, 0.4) is 0 Å². The molecule has 0 radical (unpaired) electrons. The van der Waals surface area contributed by atoms with Crippen molar-refractivity contribution < 1.29 is 4.79 Å². The number of para-hydroxylation sites is 1. The number of piperazine rings is 1. The molecule has 9 heteroatoms. The number of hydrogen-bond acceptors (Lipinski definition) is 5. The number of fused-ring (bicyclic) bond motifs is 1. The summed E-state index contributed by atoms with van der Waals surface area (Å²) in [5.74, 6) is 2.14. The SMILES string of the molecule is Cc1nn(-c2ccccc2)c2nc(CC(C)C)nc(N3CCN(C(=O)Nc4ccc(Cl)cc4)CC3)c12. The van der Waals surface area contributed by atoms with Gasteiger partial charge in [-0.1, -0.05) is 43.6 Å². The molecule has 4 aromatic rings. The van der Waals surface area contributed by atoms with E-state index in [1.807, 2.05) is 46.8 Å². The third kappa shape index (κ3) is 4.99. The Bertz CT molecular complexity index is 1360. The number of aryl methyl sites for hydroxylation is 1. The molecule has 0 bridgehead atoms. The molecule has 1 aliphatic rings. The Morgan fingerprint density at radius 3 is 2.36 bits per heavy atom. The first kappa shape index (κ1) is 24.1. The second-order valence-corrected chi connectivity index (χ2v) is 9.94. The van der Waals surface area contributed by atoms with Gasteiger partial charge in [0.2, 0.25) is 0 Å². The number of carbonyl (C=O) groups excluding carboxylic acids is 1. The number of aromatic nitrogens is 4. The van der Waals surface area contributed by atoms with Gasteiger partial charge in [-0.3, -0.25) is 0 Å². The molecule has 3 heterocycles. The molecule has 0 spiro atoms. The summed E-state index contributed by atoms with van der Waals surface area (Å²) in [4.78, 5) is 26.9. The van der Waals surface area contributed by atoms with E-state index in [0.29, 0.717) is 37.1 Å². The van der Waals surface area contributed by atoms with E-state index >= 15 is 0 Å². The third-order valence-electron chi connectivity index (χ3n) is 6.28. The van der Waals surface area contributed by atoms with Gasteiger partial charge in [-0.05, 0) is 49.2 Å². The van der Waals surface area contributed by atoms with Crippen LogP contribution in [0.1, 0.15) is 25.4 Å². The van der Waals surface area contributed by atoms with Crippen molar-refractivity contribution in [1.29, 1.82) is 0 Å². The van der Waals surface area contributed by atoms with Crippen LogP contribution in [0, 0.1) is 12.8 Å². The smallest absolute Gasteiger partial charge is 0.321 e. The topological polar surface area (TPSA) is 79.2 Å². The molecule has 186 valence electrons. The Balaban J connectivity index is 1.41. The van der Waals surface area contributed by atoms with Crippen molar-refractivity contribution in [2.75, 3.05) is 36.4 Å². The van der Waals surface area contributed by atoms with Crippen LogP contribution in [0.25, 0.3) is 16.7 Å². The van der Waals surface area contributed by atoms with Crippen molar-refractivity contribution in [2.24, 2.45) is 5.92 Å². The van der Waals surface area contributed by atoms with Gasteiger partial charge in [-0.25, -0.2) is 19.4 Å². The van der Waals surface area contributed by atoms with Gasteiger partial charge >= 0.3 is 6.03 Å². The van der Waals surface area contributed by atoms with E-state index in [4.69, 9.17) is 26.7 Å². The number of amides is 2. The molecule has 1 aliphatic heterocycles. The predicted octanol–water partition coefficient (Wildman–Crippen LogP) is 5.33. The molecule has 5 rings (SSSR count). The molecular formula is C27H30ClN7O. The summed E-state index contributed by atoms with van der Waals surface area (Å²) in [5.41, 5.74) is 3.41. The van der Waals surface area contributed by atoms with Crippen LogP contribution >= 0.6 is 11.6 Å². The van der Waals surface area contributed by atoms with E-state index in [2.05, 4.69) is 24.1 Å². The van der Waals surface area contributed by atoms with Crippen molar-refractivity contribution in [3.05, 3.63) is 71.1 Å². The van der Waals surface area contributed by atoms with E-state index in [9.17, 15) is 4.79 Å². The number of nitrogens with one attached hydrogen (secondary N) is 1. The average molecular weight is 504 g/mol. The molecule has 2 aromatic carbocycles. The van der Waals surface area contributed by atoms with Gasteiger partial charge in [0.15, 0.2) is 5.65 Å². The molecule has 36 heavy (non-hydrogen) atoms. The molecule has 1 fully saturated rings. The summed E-state index contributed by atoms with van der Waals surface area (Å²) >= 11 is 5.95. The van der Waals surface area contributed by atoms with E-state index in [1.54, 1.807) is 24.3 Å². The maximum Gasteiger partial charge on any atom is 0.321 e. The minimum absolute atomic E-state index is 0.113. The lowest BCUT2D eigenvalue weighted by molar-refractivity contribution is 0.208. The Morgan fingerprint density at radius 2 is 1.69 bits per heavy atom. The van der Waals surface area contributed by atoms with Crippen LogP contribution in [0.15, 0.2) is 54.6 Å². The summed E-state index contributed by atoms with van der Waals surface area (Å²) in [6.07, 6.45) is 0.783. The monoisotopic (exact) mass is 503 g/mol. The van der Waals surface area contributed by atoms with Crippen LogP contribution in [0.4, 0.5) is 16.3 Å². The molecule has 1 saturated heterocycles. The van der Waals surface area contributed by atoms with E-state index in [-0.39, 0.29) is 6.03 Å². The first-order valence-corrected chi connectivity index (χ1v) is 12.6. The Morgan fingerprint density at radius 1 is 1.00 bits per heavy atom. The zero-order valence-corrected chi connectivity index (χ0v) is 21.5. The van der Waals surface area contributed by atoms with Gasteiger partial charge in [0.05, 0.1) is 16.8 Å². The number of nitrogens with zero attached hydrogens (tertiary/aromatic N) is 6. The first-order valence-electron chi connectivity index (χ1n) is 12.3. The molecule has 8 nitrogen and oxygen atoms in total. The molecule has 0 aliphatic carbocycles. The van der Waals surface area contributed by atoms with Gasteiger partial charge in [0.25, 0.3) is 0 Å². The summed E-state index contributed by atoms with van der Waals surface area (Å²) in [6, 6.07) is 17.1. The number of anilines is 2. The zero-order valence-electron chi connectivity index (χ0n) is 20.8. The summed E-state index contributed by atoms with van der Waals surface area (Å²) in [6.45, 7) is 8.89. The predicted molar refractivity (Wildman–Crippen MR) is 144 cm³/mol. The Labute approximate surface area is 215 Å². The van der Waals surface area contributed by atoms with Crippen LogP contribution in [-0.2, 0) is 6.42 Å². The molecular weight excluding hydrogens is 474 g/mol. The van der Waals surface area contributed by atoms with Crippen molar-refractivity contribution in [3.63, 3.8) is 0 Å². The standard InChI is InChI=1S/C27H30ClN7O/c1-18(2)17-23-30-25(24-19(3)32-35(26(24)31-23)22-7-5-4-6-8-22)33-13-15-34(16-14-33)27(36)29-21-11-9-20(28)10-12-21/h4-12,18H,13-17H2,1-3H3,(H,29,36). The van der Waals surface area contributed by atoms with Crippen LogP contribution in [-0.4, -0.2) is 56.9 Å². The minimum Gasteiger partial charge on any atom is -0.352 e.